The van der Waals surface area contributed by atoms with Gasteiger partial charge in [-0.3, -0.25) is 4.98 Å². The van der Waals surface area contributed by atoms with Gasteiger partial charge in [-0.2, -0.15) is 0 Å². The summed E-state index contributed by atoms with van der Waals surface area (Å²) in [5.74, 6) is 0.788. The molecule has 0 aliphatic carbocycles. The normalized spacial score (nSPS) is 10.1. The Hall–Kier alpha value is -1.09. The molecule has 0 aliphatic rings. The molecule has 0 amide bonds. The average Bonchev–Trinajstić information content (AvgIpc) is 2.56. The molecular weight excluding hydrogens is 218 g/mol. The first-order valence-corrected chi connectivity index (χ1v) is 4.31. The van der Waals surface area contributed by atoms with Crippen LogP contribution in [0.3, 0.4) is 0 Å². The van der Waals surface area contributed by atoms with E-state index in [2.05, 4.69) is 20.9 Å². The van der Waals surface area contributed by atoms with Crippen LogP contribution in [0.5, 0.6) is 0 Å². The van der Waals surface area contributed by atoms with Crippen molar-refractivity contribution in [2.24, 2.45) is 0 Å². The van der Waals surface area contributed by atoms with Crippen molar-refractivity contribution in [1.29, 1.82) is 0 Å². The Morgan fingerprint density at radius 1 is 1.33 bits per heavy atom. The molecule has 0 aliphatic heterocycles. The molecule has 0 saturated carbocycles. The molecule has 2 aromatic rings. The first kappa shape index (κ1) is 7.55. The van der Waals surface area contributed by atoms with Gasteiger partial charge in [0.2, 0.25) is 0 Å². The van der Waals surface area contributed by atoms with E-state index in [1.165, 1.54) is 0 Å². The average molecular weight is 224 g/mol. The van der Waals surface area contributed by atoms with Crippen molar-refractivity contribution < 1.29 is 4.42 Å². The Labute approximate surface area is 78.4 Å². The van der Waals surface area contributed by atoms with Crippen molar-refractivity contribution in [2.45, 2.75) is 0 Å². The highest BCUT2D eigenvalue weighted by atomic mass is 79.9. The van der Waals surface area contributed by atoms with Gasteiger partial charge < -0.3 is 4.42 Å². The second kappa shape index (κ2) is 3.11. The second-order valence-electron chi connectivity index (χ2n) is 2.34. The van der Waals surface area contributed by atoms with Gasteiger partial charge in [0.05, 0.1) is 6.26 Å². The number of aromatic nitrogens is 1. The maximum absolute atomic E-state index is 5.19. The van der Waals surface area contributed by atoms with Crippen LogP contribution in [-0.2, 0) is 0 Å². The minimum absolute atomic E-state index is 0.788. The number of hydrogen-bond acceptors (Lipinski definition) is 2. The van der Waals surface area contributed by atoms with Crippen LogP contribution < -0.4 is 0 Å². The summed E-state index contributed by atoms with van der Waals surface area (Å²) in [5, 5.41) is 0. The van der Waals surface area contributed by atoms with E-state index in [1.807, 2.05) is 24.3 Å². The minimum Gasteiger partial charge on any atom is -0.463 e. The summed E-state index contributed by atoms with van der Waals surface area (Å²) in [5.41, 5.74) is 0.842. The van der Waals surface area contributed by atoms with Crippen LogP contribution in [0.15, 0.2) is 45.6 Å². The number of rotatable bonds is 1. The monoisotopic (exact) mass is 223 g/mol. The van der Waals surface area contributed by atoms with E-state index < -0.39 is 0 Å². The van der Waals surface area contributed by atoms with Gasteiger partial charge >= 0.3 is 0 Å². The van der Waals surface area contributed by atoms with Gasteiger partial charge in [-0.05, 0) is 24.3 Å². The van der Waals surface area contributed by atoms with Crippen LogP contribution in [-0.4, -0.2) is 4.98 Å². The highest BCUT2D eigenvalue weighted by Crippen LogP contribution is 2.20. The molecule has 3 heteroatoms. The lowest BCUT2D eigenvalue weighted by atomic mass is 10.3. The van der Waals surface area contributed by atoms with Crippen LogP contribution in [0.1, 0.15) is 0 Å². The fourth-order valence-corrected chi connectivity index (χ4v) is 1.30. The third kappa shape index (κ3) is 1.41. The molecule has 12 heavy (non-hydrogen) atoms. The number of pyridine rings is 1. The number of halogens is 1. The number of nitrogens with zero attached hydrogens (tertiary/aromatic N) is 1. The summed E-state index contributed by atoms with van der Waals surface area (Å²) in [6.07, 6.45) is 3.37. The Morgan fingerprint density at radius 2 is 2.25 bits per heavy atom. The molecule has 0 fully saturated rings. The summed E-state index contributed by atoms with van der Waals surface area (Å²) in [4.78, 5) is 4.16. The fourth-order valence-electron chi connectivity index (χ4n) is 0.964. The molecule has 0 saturated heterocycles. The van der Waals surface area contributed by atoms with E-state index in [4.69, 9.17) is 4.42 Å². The van der Waals surface area contributed by atoms with E-state index in [1.54, 1.807) is 12.5 Å². The van der Waals surface area contributed by atoms with Crippen molar-refractivity contribution in [2.75, 3.05) is 0 Å². The SMILES string of the molecule is Brc1ccnc(-c2ccco2)c1. The topological polar surface area (TPSA) is 26.0 Å². The standard InChI is InChI=1S/C9H6BrNO/c10-7-3-4-11-8(6-7)9-2-1-5-12-9/h1-6H. The molecule has 0 bridgehead atoms. The summed E-state index contributed by atoms with van der Waals surface area (Å²) in [6, 6.07) is 7.53. The van der Waals surface area contributed by atoms with E-state index in [9.17, 15) is 0 Å². The maximum Gasteiger partial charge on any atom is 0.152 e. The maximum atomic E-state index is 5.19. The summed E-state index contributed by atoms with van der Waals surface area (Å²) >= 11 is 3.37. The summed E-state index contributed by atoms with van der Waals surface area (Å²) in [6.45, 7) is 0. The largest absolute Gasteiger partial charge is 0.463 e. The molecule has 0 aromatic carbocycles. The smallest absolute Gasteiger partial charge is 0.152 e. The summed E-state index contributed by atoms with van der Waals surface area (Å²) in [7, 11) is 0. The highest BCUT2D eigenvalue weighted by Gasteiger charge is 2.00. The first-order valence-electron chi connectivity index (χ1n) is 3.52. The van der Waals surface area contributed by atoms with Crippen molar-refractivity contribution in [3.05, 3.63) is 41.2 Å². The lowest BCUT2D eigenvalue weighted by Crippen LogP contribution is -1.78. The van der Waals surface area contributed by atoms with Crippen molar-refractivity contribution in [1.82, 2.24) is 4.98 Å². The minimum atomic E-state index is 0.788. The Morgan fingerprint density at radius 3 is 2.92 bits per heavy atom. The van der Waals surface area contributed by atoms with Crippen molar-refractivity contribution in [3.8, 4) is 11.5 Å². The van der Waals surface area contributed by atoms with Gasteiger partial charge in [-0.1, -0.05) is 15.9 Å². The Bertz CT molecular complexity index is 370. The van der Waals surface area contributed by atoms with E-state index in [0.29, 0.717) is 0 Å². The van der Waals surface area contributed by atoms with Crippen LogP contribution >= 0.6 is 15.9 Å². The van der Waals surface area contributed by atoms with Gasteiger partial charge in [0, 0.05) is 10.7 Å². The molecular formula is C9H6BrNO. The second-order valence-corrected chi connectivity index (χ2v) is 3.25. The summed E-state index contributed by atoms with van der Waals surface area (Å²) < 4.78 is 6.19. The Kier molecular flexibility index (Phi) is 1.96. The zero-order valence-electron chi connectivity index (χ0n) is 6.20. The van der Waals surface area contributed by atoms with Gasteiger partial charge in [0.25, 0.3) is 0 Å². The molecule has 2 nitrogen and oxygen atoms in total. The first-order chi connectivity index (χ1) is 5.86. The number of furan rings is 1. The van der Waals surface area contributed by atoms with Crippen LogP contribution in [0, 0.1) is 0 Å². The molecule has 0 radical (unpaired) electrons. The third-order valence-electron chi connectivity index (χ3n) is 1.50. The van der Waals surface area contributed by atoms with Crippen molar-refractivity contribution in [3.63, 3.8) is 0 Å². The molecule has 0 N–H and O–H groups in total. The lowest BCUT2D eigenvalue weighted by molar-refractivity contribution is 0.580. The fraction of sp³-hybridized carbons (Fsp3) is 0. The molecule has 0 unspecified atom stereocenters. The zero-order chi connectivity index (χ0) is 8.39. The lowest BCUT2D eigenvalue weighted by Gasteiger charge is -1.94. The third-order valence-corrected chi connectivity index (χ3v) is 1.99. The van der Waals surface area contributed by atoms with E-state index >= 15 is 0 Å². The van der Waals surface area contributed by atoms with Gasteiger partial charge in [-0.25, -0.2) is 0 Å². The molecule has 0 atom stereocenters. The molecule has 0 spiro atoms. The van der Waals surface area contributed by atoms with E-state index in [-0.39, 0.29) is 0 Å². The van der Waals surface area contributed by atoms with Crippen LogP contribution in [0.4, 0.5) is 0 Å². The van der Waals surface area contributed by atoms with Gasteiger partial charge in [0.15, 0.2) is 5.76 Å². The van der Waals surface area contributed by atoms with Gasteiger partial charge in [-0.15, -0.1) is 0 Å². The zero-order valence-corrected chi connectivity index (χ0v) is 7.78. The molecule has 2 heterocycles. The molecule has 2 aromatic heterocycles. The van der Waals surface area contributed by atoms with Crippen LogP contribution in [0.2, 0.25) is 0 Å². The van der Waals surface area contributed by atoms with Crippen LogP contribution in [0.25, 0.3) is 11.5 Å². The van der Waals surface area contributed by atoms with E-state index in [0.717, 1.165) is 15.9 Å². The van der Waals surface area contributed by atoms with Crippen molar-refractivity contribution >= 4 is 15.9 Å². The Balaban J connectivity index is 2.48. The molecule has 60 valence electrons. The quantitative estimate of drug-likeness (QED) is 0.743. The predicted octanol–water partition coefficient (Wildman–Crippen LogP) is 3.10. The number of hydrogen-bond donors (Lipinski definition) is 0. The van der Waals surface area contributed by atoms with Gasteiger partial charge in [0.1, 0.15) is 5.69 Å². The highest BCUT2D eigenvalue weighted by molar-refractivity contribution is 9.10. The molecule has 2 rings (SSSR count). The predicted molar refractivity (Wildman–Crippen MR) is 49.6 cm³/mol.